The SMILES string of the molecule is Cc1c(C)c(S(=O)(=O)N(CCC[C@H](N)C(=O)NCC(=O)N[C@@H](CC(=O)OC(C)(C)C)C(=O)O)C(=N)N)c(C)c2c1OC(C)(C)C2. The smallest absolute Gasteiger partial charge is 0.326 e. The number of nitrogens with one attached hydrogen (secondary N) is 3. The minimum atomic E-state index is -4.27. The van der Waals surface area contributed by atoms with E-state index in [4.69, 9.17) is 26.4 Å². The predicted octanol–water partition coefficient (Wildman–Crippen LogP) is 0.734. The number of amides is 2. The topological polar surface area (TPSA) is 244 Å². The van der Waals surface area contributed by atoms with E-state index in [-0.39, 0.29) is 24.3 Å². The summed E-state index contributed by atoms with van der Waals surface area (Å²) in [6.07, 6.45) is -0.0706. The molecule has 0 unspecified atom stereocenters. The van der Waals surface area contributed by atoms with Gasteiger partial charge in [-0.3, -0.25) is 19.8 Å². The molecule has 0 fully saturated rings. The molecular formula is C29H46N6O9S. The highest BCUT2D eigenvalue weighted by atomic mass is 32.2. The second-order valence-corrected chi connectivity index (χ2v) is 14.5. The zero-order valence-corrected chi connectivity index (χ0v) is 27.9. The van der Waals surface area contributed by atoms with Crippen LogP contribution in [0.2, 0.25) is 0 Å². The van der Waals surface area contributed by atoms with Crippen molar-refractivity contribution in [1.29, 1.82) is 5.41 Å². The standard InChI is InChI=1S/C29H46N6O9S/c1-15-16(2)24(17(3)18-13-29(7,8)44-23(15)18)45(41,42)35(27(31)32)11-9-10-19(30)25(38)33-14-21(36)34-20(26(39)40)12-22(37)43-28(4,5)6/h19-20H,9-14,30H2,1-8H3,(H3,31,32)(H,33,38)(H,34,36)(H,39,40)/t19-,20-/m0/s1. The zero-order chi connectivity index (χ0) is 34.7. The number of nitrogens with zero attached hydrogens (tertiary/aromatic N) is 1. The third-order valence-electron chi connectivity index (χ3n) is 7.17. The third kappa shape index (κ3) is 9.53. The van der Waals surface area contributed by atoms with E-state index in [1.807, 2.05) is 13.8 Å². The molecule has 252 valence electrons. The zero-order valence-electron chi connectivity index (χ0n) is 27.1. The van der Waals surface area contributed by atoms with Gasteiger partial charge in [-0.15, -0.1) is 0 Å². The molecule has 8 N–H and O–H groups in total. The number of carboxylic acid groups (broad SMARTS) is 1. The molecule has 2 atom stereocenters. The Hall–Kier alpha value is -3.92. The summed E-state index contributed by atoms with van der Waals surface area (Å²) in [6, 6.07) is -2.73. The van der Waals surface area contributed by atoms with Gasteiger partial charge in [0.05, 0.1) is 23.9 Å². The summed E-state index contributed by atoms with van der Waals surface area (Å²) in [7, 11) is -4.27. The van der Waals surface area contributed by atoms with Crippen LogP contribution in [0.3, 0.4) is 0 Å². The highest BCUT2D eigenvalue weighted by Crippen LogP contribution is 2.44. The number of hydrogen-bond acceptors (Lipinski definition) is 10. The van der Waals surface area contributed by atoms with Crippen molar-refractivity contribution >= 4 is 39.7 Å². The maximum absolute atomic E-state index is 13.8. The first-order valence-electron chi connectivity index (χ1n) is 14.4. The van der Waals surface area contributed by atoms with E-state index in [0.29, 0.717) is 28.9 Å². The number of carbonyl (C=O) groups is 4. The number of sulfonamides is 1. The molecule has 15 nitrogen and oxygen atoms in total. The van der Waals surface area contributed by atoms with Gasteiger partial charge < -0.3 is 36.7 Å². The van der Waals surface area contributed by atoms with Crippen LogP contribution < -0.4 is 26.8 Å². The van der Waals surface area contributed by atoms with Crippen LogP contribution in [0, 0.1) is 26.2 Å². The third-order valence-corrected chi connectivity index (χ3v) is 9.26. The van der Waals surface area contributed by atoms with Gasteiger partial charge in [-0.25, -0.2) is 17.5 Å². The van der Waals surface area contributed by atoms with Crippen molar-refractivity contribution in [3.05, 3.63) is 22.3 Å². The average Bonchev–Trinajstić information content (AvgIpc) is 3.22. The summed E-state index contributed by atoms with van der Waals surface area (Å²) in [5, 5.41) is 21.8. The number of carboxylic acids is 1. The van der Waals surface area contributed by atoms with Crippen LogP contribution in [0.5, 0.6) is 5.75 Å². The highest BCUT2D eigenvalue weighted by molar-refractivity contribution is 7.89. The van der Waals surface area contributed by atoms with Gasteiger partial charge in [0.2, 0.25) is 17.8 Å². The van der Waals surface area contributed by atoms with Gasteiger partial charge in [0, 0.05) is 18.5 Å². The number of guanidine groups is 1. The van der Waals surface area contributed by atoms with Crippen molar-refractivity contribution in [2.45, 2.75) is 109 Å². The molecule has 1 aromatic rings. The maximum Gasteiger partial charge on any atom is 0.326 e. The van der Waals surface area contributed by atoms with Gasteiger partial charge in [0.25, 0.3) is 10.0 Å². The number of ether oxygens (including phenoxy) is 2. The second-order valence-electron chi connectivity index (χ2n) is 12.7. The monoisotopic (exact) mass is 654 g/mol. The van der Waals surface area contributed by atoms with Crippen molar-refractivity contribution in [2.24, 2.45) is 11.5 Å². The Morgan fingerprint density at radius 3 is 2.27 bits per heavy atom. The summed E-state index contributed by atoms with van der Waals surface area (Å²) >= 11 is 0. The molecule has 0 bridgehead atoms. The summed E-state index contributed by atoms with van der Waals surface area (Å²) < 4.78 is 39.6. The first kappa shape index (κ1) is 37.3. The van der Waals surface area contributed by atoms with E-state index < -0.39 is 76.0 Å². The van der Waals surface area contributed by atoms with E-state index in [1.165, 1.54) is 0 Å². The Labute approximate surface area is 263 Å². The van der Waals surface area contributed by atoms with Crippen molar-refractivity contribution in [3.8, 4) is 5.75 Å². The molecule has 1 heterocycles. The molecular weight excluding hydrogens is 608 g/mol. The van der Waals surface area contributed by atoms with Gasteiger partial charge in [0.15, 0.2) is 0 Å². The highest BCUT2D eigenvalue weighted by Gasteiger charge is 2.38. The summed E-state index contributed by atoms with van der Waals surface area (Å²) in [5.74, 6) is -3.93. The van der Waals surface area contributed by atoms with Gasteiger partial charge in [-0.2, -0.15) is 0 Å². The van der Waals surface area contributed by atoms with Crippen LogP contribution in [0.4, 0.5) is 0 Å². The molecule has 16 heteroatoms. The van der Waals surface area contributed by atoms with Crippen LogP contribution in [-0.2, 0) is 40.4 Å². The van der Waals surface area contributed by atoms with E-state index in [9.17, 15) is 32.7 Å². The molecule has 1 aliphatic heterocycles. The van der Waals surface area contributed by atoms with Crippen LogP contribution in [-0.4, -0.2) is 83.9 Å². The van der Waals surface area contributed by atoms with Crippen LogP contribution in [0.1, 0.15) is 76.1 Å². The predicted molar refractivity (Wildman–Crippen MR) is 165 cm³/mol. The summed E-state index contributed by atoms with van der Waals surface area (Å²) in [5.41, 5.74) is 12.8. The summed E-state index contributed by atoms with van der Waals surface area (Å²) in [4.78, 5) is 48.3. The lowest BCUT2D eigenvalue weighted by atomic mass is 9.94. The molecule has 0 aliphatic carbocycles. The molecule has 0 radical (unpaired) electrons. The Morgan fingerprint density at radius 2 is 1.73 bits per heavy atom. The minimum Gasteiger partial charge on any atom is -0.487 e. The molecule has 0 saturated heterocycles. The van der Waals surface area contributed by atoms with E-state index in [0.717, 1.165) is 9.87 Å². The van der Waals surface area contributed by atoms with Crippen molar-refractivity contribution in [3.63, 3.8) is 0 Å². The van der Waals surface area contributed by atoms with Gasteiger partial charge >= 0.3 is 11.9 Å². The number of aliphatic carboxylic acids is 1. The number of benzene rings is 1. The molecule has 1 aliphatic rings. The number of esters is 1. The van der Waals surface area contributed by atoms with Crippen molar-refractivity contribution < 1.29 is 42.2 Å². The number of hydrogen-bond donors (Lipinski definition) is 6. The Balaban J connectivity index is 2.02. The van der Waals surface area contributed by atoms with Crippen LogP contribution >= 0.6 is 0 Å². The fraction of sp³-hybridized carbons (Fsp3) is 0.621. The number of rotatable bonds is 13. The van der Waals surface area contributed by atoms with Gasteiger partial charge in [0.1, 0.15) is 23.0 Å². The maximum atomic E-state index is 13.8. The molecule has 0 spiro atoms. The Kier molecular flexibility index (Phi) is 11.6. The molecule has 1 aromatic carbocycles. The molecule has 0 aromatic heterocycles. The molecule has 45 heavy (non-hydrogen) atoms. The average molecular weight is 655 g/mol. The van der Waals surface area contributed by atoms with E-state index >= 15 is 0 Å². The number of fused-ring (bicyclic) bond motifs is 1. The number of carbonyl (C=O) groups excluding carboxylic acids is 3. The Morgan fingerprint density at radius 1 is 1.13 bits per heavy atom. The minimum absolute atomic E-state index is 0.0215. The fourth-order valence-electron chi connectivity index (χ4n) is 4.99. The van der Waals surface area contributed by atoms with Crippen molar-refractivity contribution in [2.75, 3.05) is 13.1 Å². The Bertz CT molecular complexity index is 1470. The lowest BCUT2D eigenvalue weighted by Gasteiger charge is -2.26. The first-order chi connectivity index (χ1) is 20.5. The van der Waals surface area contributed by atoms with Gasteiger partial charge in [-0.1, -0.05) is 0 Å². The quantitative estimate of drug-likeness (QED) is 0.0983. The molecule has 2 amide bonds. The molecule has 0 saturated carbocycles. The van der Waals surface area contributed by atoms with Gasteiger partial charge in [-0.05, 0) is 84.9 Å². The van der Waals surface area contributed by atoms with Crippen molar-refractivity contribution in [1.82, 2.24) is 14.9 Å². The largest absolute Gasteiger partial charge is 0.487 e. The van der Waals surface area contributed by atoms with E-state index in [1.54, 1.807) is 41.5 Å². The lowest BCUT2D eigenvalue weighted by Crippen LogP contribution is -2.49. The first-order valence-corrected chi connectivity index (χ1v) is 15.9. The van der Waals surface area contributed by atoms with Crippen LogP contribution in [0.15, 0.2) is 4.90 Å². The van der Waals surface area contributed by atoms with E-state index in [2.05, 4.69) is 10.6 Å². The molecule has 2 rings (SSSR count). The van der Waals surface area contributed by atoms with Crippen LogP contribution in [0.25, 0.3) is 0 Å². The fourth-order valence-corrected chi connectivity index (χ4v) is 6.89. The second kappa shape index (κ2) is 14.0. The number of nitrogens with two attached hydrogens (primary N) is 2. The lowest BCUT2D eigenvalue weighted by molar-refractivity contribution is -0.158. The summed E-state index contributed by atoms with van der Waals surface area (Å²) in [6.45, 7) is 13.0. The normalized spacial score (nSPS) is 15.2.